The smallest absolute Gasteiger partial charge is 0.167 e. The zero-order valence-electron chi connectivity index (χ0n) is 12.1. The molecular weight excluding hydrogens is 335 g/mol. The Morgan fingerprint density at radius 3 is 2.71 bits per heavy atom. The van der Waals surface area contributed by atoms with Gasteiger partial charge in [0.25, 0.3) is 0 Å². The molecule has 0 aliphatic heterocycles. The molecule has 0 heterocycles. The third kappa shape index (κ3) is 3.88. The van der Waals surface area contributed by atoms with E-state index < -0.39 is 5.82 Å². The van der Waals surface area contributed by atoms with Gasteiger partial charge in [0.15, 0.2) is 11.6 Å². The number of rotatable bonds is 5. The fourth-order valence-corrected chi connectivity index (χ4v) is 2.60. The minimum atomic E-state index is -0.436. The van der Waals surface area contributed by atoms with Crippen LogP contribution in [0.15, 0.2) is 40.9 Å². The summed E-state index contributed by atoms with van der Waals surface area (Å²) in [7, 11) is 1.92. The quantitative estimate of drug-likeness (QED) is 0.819. The maximum Gasteiger partial charge on any atom is 0.167 e. The van der Waals surface area contributed by atoms with Crippen LogP contribution in [0.25, 0.3) is 0 Å². The molecule has 0 atom stereocenters. The number of halogens is 2. The van der Waals surface area contributed by atoms with Gasteiger partial charge in [0, 0.05) is 30.2 Å². The van der Waals surface area contributed by atoms with E-state index in [0.29, 0.717) is 18.8 Å². The van der Waals surface area contributed by atoms with E-state index in [2.05, 4.69) is 15.9 Å². The minimum absolute atomic E-state index is 0.225. The van der Waals surface area contributed by atoms with Gasteiger partial charge in [0.05, 0.1) is 18.0 Å². The largest absolute Gasteiger partial charge is 0.491 e. The number of benzene rings is 2. The normalized spacial score (nSPS) is 10.5. The van der Waals surface area contributed by atoms with E-state index in [0.717, 1.165) is 15.7 Å². The molecule has 0 amide bonds. The third-order valence-corrected chi connectivity index (χ3v) is 3.59. The second-order valence-corrected chi connectivity index (χ2v) is 5.68. The molecule has 0 aromatic heterocycles. The minimum Gasteiger partial charge on any atom is -0.491 e. The van der Waals surface area contributed by atoms with Crippen molar-refractivity contribution in [2.45, 2.75) is 13.5 Å². The Morgan fingerprint density at radius 1 is 1.29 bits per heavy atom. The number of nitrogens with zero attached hydrogens (tertiary/aromatic N) is 1. The predicted molar refractivity (Wildman–Crippen MR) is 88.2 cm³/mol. The molecule has 2 rings (SSSR count). The van der Waals surface area contributed by atoms with E-state index in [1.807, 2.05) is 43.1 Å². The Kier molecular flexibility index (Phi) is 5.07. The van der Waals surface area contributed by atoms with Crippen molar-refractivity contribution < 1.29 is 9.13 Å². The highest BCUT2D eigenvalue weighted by Crippen LogP contribution is 2.31. The molecule has 0 saturated carbocycles. The van der Waals surface area contributed by atoms with Gasteiger partial charge >= 0.3 is 0 Å². The molecule has 112 valence electrons. The molecule has 5 heteroatoms. The van der Waals surface area contributed by atoms with Gasteiger partial charge in [-0.05, 0) is 24.6 Å². The summed E-state index contributed by atoms with van der Waals surface area (Å²) in [5.74, 6) is -0.211. The number of nitrogen functional groups attached to an aromatic ring is 1. The molecule has 3 nitrogen and oxygen atoms in total. The standard InChI is InChI=1S/C16H18BrFN2O/c1-3-21-16-9-15(14(19)8-13(16)18)20(2)10-11-5-4-6-12(17)7-11/h4-9H,3,10,19H2,1-2H3. The Morgan fingerprint density at radius 2 is 2.05 bits per heavy atom. The van der Waals surface area contributed by atoms with Crippen LogP contribution in [0.3, 0.4) is 0 Å². The van der Waals surface area contributed by atoms with Crippen molar-refractivity contribution in [3.05, 3.63) is 52.3 Å². The lowest BCUT2D eigenvalue weighted by atomic mass is 10.2. The highest BCUT2D eigenvalue weighted by Gasteiger charge is 2.12. The van der Waals surface area contributed by atoms with Crippen LogP contribution in [0.2, 0.25) is 0 Å². The molecular formula is C16H18BrFN2O. The van der Waals surface area contributed by atoms with Gasteiger partial charge in [-0.3, -0.25) is 0 Å². The van der Waals surface area contributed by atoms with Crippen molar-refractivity contribution in [1.82, 2.24) is 0 Å². The van der Waals surface area contributed by atoms with Crippen molar-refractivity contribution in [1.29, 1.82) is 0 Å². The molecule has 0 bridgehead atoms. The molecule has 21 heavy (non-hydrogen) atoms. The van der Waals surface area contributed by atoms with Crippen molar-refractivity contribution in [3.63, 3.8) is 0 Å². The second-order valence-electron chi connectivity index (χ2n) is 4.76. The van der Waals surface area contributed by atoms with E-state index in [4.69, 9.17) is 10.5 Å². The fourth-order valence-electron chi connectivity index (χ4n) is 2.15. The third-order valence-electron chi connectivity index (χ3n) is 3.10. The highest BCUT2D eigenvalue weighted by molar-refractivity contribution is 9.10. The first kappa shape index (κ1) is 15.6. The second kappa shape index (κ2) is 6.80. The summed E-state index contributed by atoms with van der Waals surface area (Å²) in [6.07, 6.45) is 0. The Balaban J connectivity index is 2.26. The van der Waals surface area contributed by atoms with Crippen LogP contribution in [-0.2, 0) is 6.54 Å². The van der Waals surface area contributed by atoms with Crippen LogP contribution in [0.1, 0.15) is 12.5 Å². The lowest BCUT2D eigenvalue weighted by Gasteiger charge is -2.22. The summed E-state index contributed by atoms with van der Waals surface area (Å²) in [4.78, 5) is 1.97. The van der Waals surface area contributed by atoms with Crippen molar-refractivity contribution in [2.75, 3.05) is 24.3 Å². The summed E-state index contributed by atoms with van der Waals surface area (Å²) in [5.41, 5.74) is 8.20. The molecule has 0 aliphatic rings. The number of anilines is 2. The van der Waals surface area contributed by atoms with Gasteiger partial charge in [-0.1, -0.05) is 28.1 Å². The monoisotopic (exact) mass is 352 g/mol. The summed E-state index contributed by atoms with van der Waals surface area (Å²) in [6.45, 7) is 2.90. The van der Waals surface area contributed by atoms with Crippen molar-refractivity contribution >= 4 is 27.3 Å². The molecule has 0 radical (unpaired) electrons. The number of nitrogens with two attached hydrogens (primary N) is 1. The van der Waals surface area contributed by atoms with E-state index >= 15 is 0 Å². The highest BCUT2D eigenvalue weighted by atomic mass is 79.9. The number of ether oxygens (including phenoxy) is 1. The van der Waals surface area contributed by atoms with E-state index in [-0.39, 0.29) is 5.75 Å². The van der Waals surface area contributed by atoms with Gasteiger partial charge in [-0.15, -0.1) is 0 Å². The van der Waals surface area contributed by atoms with Gasteiger partial charge in [-0.25, -0.2) is 4.39 Å². The summed E-state index contributed by atoms with van der Waals surface area (Å²) >= 11 is 3.45. The van der Waals surface area contributed by atoms with Crippen LogP contribution < -0.4 is 15.4 Å². The molecule has 0 unspecified atom stereocenters. The Hall–Kier alpha value is -1.75. The van der Waals surface area contributed by atoms with E-state index in [1.54, 1.807) is 6.07 Å². The van der Waals surface area contributed by atoms with Crippen LogP contribution in [0.5, 0.6) is 5.75 Å². The number of hydrogen-bond donors (Lipinski definition) is 1. The molecule has 0 saturated heterocycles. The SMILES string of the molecule is CCOc1cc(N(C)Cc2cccc(Br)c2)c(N)cc1F. The maximum atomic E-state index is 13.7. The zero-order valence-corrected chi connectivity index (χ0v) is 13.7. The van der Waals surface area contributed by atoms with Crippen molar-refractivity contribution in [2.24, 2.45) is 0 Å². The average molecular weight is 353 g/mol. The fraction of sp³-hybridized carbons (Fsp3) is 0.250. The van der Waals surface area contributed by atoms with Crippen molar-refractivity contribution in [3.8, 4) is 5.75 Å². The van der Waals surface area contributed by atoms with E-state index in [1.165, 1.54) is 6.07 Å². The molecule has 0 aliphatic carbocycles. The van der Waals surface area contributed by atoms with E-state index in [9.17, 15) is 4.39 Å². The first-order valence-corrected chi connectivity index (χ1v) is 7.48. The van der Waals surface area contributed by atoms with Crippen LogP contribution >= 0.6 is 15.9 Å². The van der Waals surface area contributed by atoms with Gasteiger partial charge in [-0.2, -0.15) is 0 Å². The lowest BCUT2D eigenvalue weighted by molar-refractivity contribution is 0.322. The van der Waals surface area contributed by atoms with Gasteiger partial charge < -0.3 is 15.4 Å². The molecule has 2 aromatic rings. The van der Waals surface area contributed by atoms with Crippen LogP contribution in [0.4, 0.5) is 15.8 Å². The van der Waals surface area contributed by atoms with Gasteiger partial charge in [0.1, 0.15) is 0 Å². The summed E-state index contributed by atoms with van der Waals surface area (Å²) in [5, 5.41) is 0. The van der Waals surface area contributed by atoms with Crippen LogP contribution in [-0.4, -0.2) is 13.7 Å². The topological polar surface area (TPSA) is 38.5 Å². The van der Waals surface area contributed by atoms with Crippen LogP contribution in [0, 0.1) is 5.82 Å². The van der Waals surface area contributed by atoms with Gasteiger partial charge in [0.2, 0.25) is 0 Å². The molecule has 2 aromatic carbocycles. The maximum absolute atomic E-state index is 13.7. The predicted octanol–water partition coefficient (Wildman–Crippen LogP) is 4.21. The first-order valence-electron chi connectivity index (χ1n) is 6.68. The zero-order chi connectivity index (χ0) is 15.4. The lowest BCUT2D eigenvalue weighted by Crippen LogP contribution is -2.18. The Labute approximate surface area is 132 Å². The average Bonchev–Trinajstić information content (AvgIpc) is 2.41. The number of hydrogen-bond acceptors (Lipinski definition) is 3. The summed E-state index contributed by atoms with van der Waals surface area (Å²) in [6, 6.07) is 11.0. The summed E-state index contributed by atoms with van der Waals surface area (Å²) < 4.78 is 20.0. The molecule has 0 fully saturated rings. The molecule has 2 N–H and O–H groups in total. The first-order chi connectivity index (χ1) is 10.0. The molecule has 0 spiro atoms. The Bertz CT molecular complexity index is 634.